The highest BCUT2D eigenvalue weighted by Crippen LogP contribution is 2.28. The van der Waals surface area contributed by atoms with Gasteiger partial charge in [0, 0.05) is 44.1 Å². The van der Waals surface area contributed by atoms with Crippen LogP contribution in [0.3, 0.4) is 0 Å². The van der Waals surface area contributed by atoms with Crippen molar-refractivity contribution in [2.75, 3.05) is 18.4 Å². The molecule has 1 N–H and O–H groups in total. The van der Waals surface area contributed by atoms with Gasteiger partial charge in [0.1, 0.15) is 11.6 Å². The quantitative estimate of drug-likeness (QED) is 0.737. The number of amides is 1. The van der Waals surface area contributed by atoms with Gasteiger partial charge in [0.2, 0.25) is 0 Å². The number of piperidine rings is 1. The fourth-order valence-electron chi connectivity index (χ4n) is 3.87. The second kappa shape index (κ2) is 8.03. The third-order valence-electron chi connectivity index (χ3n) is 5.40. The number of aromatic nitrogens is 4. The molecule has 1 fully saturated rings. The molecule has 0 aliphatic carbocycles. The molecule has 0 radical (unpaired) electrons. The van der Waals surface area contributed by atoms with E-state index in [2.05, 4.69) is 15.4 Å². The number of carbonyl (C=O) groups excluding carboxylic acids is 1. The summed E-state index contributed by atoms with van der Waals surface area (Å²) in [5.41, 5.74) is 3.53. The fraction of sp³-hybridized carbons (Fsp3) is 0.364. The summed E-state index contributed by atoms with van der Waals surface area (Å²) in [6, 6.07) is 9.94. The van der Waals surface area contributed by atoms with Crippen LogP contribution < -0.4 is 5.32 Å². The topological polar surface area (TPSA) is 75.9 Å². The van der Waals surface area contributed by atoms with Crippen LogP contribution in [-0.2, 0) is 7.05 Å². The monoisotopic (exact) mass is 390 g/mol. The number of likely N-dealkylation sites (tertiary alicyclic amines) is 1. The highest BCUT2D eigenvalue weighted by molar-refractivity contribution is 5.95. The molecule has 4 heterocycles. The molecule has 1 aliphatic heterocycles. The molecule has 0 saturated carbocycles. The lowest BCUT2D eigenvalue weighted by molar-refractivity contribution is 0.0705. The zero-order valence-corrected chi connectivity index (χ0v) is 17.1. The Bertz CT molecular complexity index is 1030. The normalized spacial score (nSPS) is 16.7. The van der Waals surface area contributed by atoms with Crippen LogP contribution in [-0.4, -0.2) is 43.6 Å². The van der Waals surface area contributed by atoms with Gasteiger partial charge in [-0.15, -0.1) is 0 Å². The van der Waals surface area contributed by atoms with E-state index >= 15 is 0 Å². The highest BCUT2D eigenvalue weighted by atomic mass is 16.2. The van der Waals surface area contributed by atoms with E-state index in [1.165, 1.54) is 0 Å². The molecule has 7 heteroatoms. The Morgan fingerprint density at radius 1 is 1.21 bits per heavy atom. The smallest absolute Gasteiger partial charge is 0.257 e. The van der Waals surface area contributed by atoms with E-state index < -0.39 is 0 Å². The van der Waals surface area contributed by atoms with Gasteiger partial charge in [-0.1, -0.05) is 12.1 Å². The molecule has 0 aromatic carbocycles. The van der Waals surface area contributed by atoms with Crippen molar-refractivity contribution >= 4 is 17.5 Å². The van der Waals surface area contributed by atoms with Gasteiger partial charge in [-0.3, -0.25) is 9.48 Å². The second-order valence-electron chi connectivity index (χ2n) is 7.63. The van der Waals surface area contributed by atoms with Gasteiger partial charge in [0.05, 0.1) is 11.3 Å². The van der Waals surface area contributed by atoms with E-state index in [1.807, 2.05) is 56.1 Å². The summed E-state index contributed by atoms with van der Waals surface area (Å²) in [5.74, 6) is 1.86. The molecule has 1 aliphatic rings. The Hall–Kier alpha value is -3.22. The number of nitrogens with one attached hydrogen (secondary N) is 1. The minimum absolute atomic E-state index is 0.0543. The first-order valence-electron chi connectivity index (χ1n) is 9.96. The number of anilines is 2. The van der Waals surface area contributed by atoms with Crippen LogP contribution >= 0.6 is 0 Å². The summed E-state index contributed by atoms with van der Waals surface area (Å²) in [6.45, 7) is 5.34. The predicted octanol–water partition coefficient (Wildman–Crippen LogP) is 3.59. The third kappa shape index (κ3) is 4.13. The minimum Gasteiger partial charge on any atom is -0.338 e. The zero-order chi connectivity index (χ0) is 20.4. The number of hydrogen-bond donors (Lipinski definition) is 1. The number of hydrogen-bond acceptors (Lipinski definition) is 5. The Labute approximate surface area is 170 Å². The largest absolute Gasteiger partial charge is 0.338 e. The highest BCUT2D eigenvalue weighted by Gasteiger charge is 2.28. The summed E-state index contributed by atoms with van der Waals surface area (Å²) >= 11 is 0. The number of nitrogens with zero attached hydrogens (tertiary/aromatic N) is 5. The standard InChI is InChI=1S/C22H26N6O/c1-15-7-5-11-23-21(15)25-20-10-4-9-19(24-20)17-8-6-12-28(13-17)22(29)18-14-27(3)26-16(18)2/h4-5,7,9-11,14,17H,6,8,12-13H2,1-3H3,(H,23,24,25)/t17-/m1/s1. The number of pyridine rings is 2. The van der Waals surface area contributed by atoms with Crippen molar-refractivity contribution < 1.29 is 4.79 Å². The van der Waals surface area contributed by atoms with E-state index in [0.29, 0.717) is 12.1 Å². The van der Waals surface area contributed by atoms with Gasteiger partial charge in [-0.05, 0) is 50.5 Å². The van der Waals surface area contributed by atoms with E-state index in [9.17, 15) is 4.79 Å². The molecule has 29 heavy (non-hydrogen) atoms. The van der Waals surface area contributed by atoms with Crippen LogP contribution in [0.25, 0.3) is 0 Å². The van der Waals surface area contributed by atoms with Crippen LogP contribution in [0.4, 0.5) is 11.6 Å². The van der Waals surface area contributed by atoms with E-state index in [1.54, 1.807) is 17.1 Å². The van der Waals surface area contributed by atoms with Gasteiger partial charge >= 0.3 is 0 Å². The van der Waals surface area contributed by atoms with Crippen molar-refractivity contribution in [1.82, 2.24) is 24.6 Å². The lowest BCUT2D eigenvalue weighted by Crippen LogP contribution is -2.39. The maximum absolute atomic E-state index is 13.0. The maximum atomic E-state index is 13.0. The van der Waals surface area contributed by atoms with Gasteiger partial charge < -0.3 is 10.2 Å². The molecule has 1 amide bonds. The van der Waals surface area contributed by atoms with Gasteiger partial charge in [0.25, 0.3) is 5.91 Å². The van der Waals surface area contributed by atoms with Crippen LogP contribution in [0, 0.1) is 13.8 Å². The first kappa shape index (κ1) is 19.1. The molecule has 7 nitrogen and oxygen atoms in total. The molecule has 3 aromatic heterocycles. The fourth-order valence-corrected chi connectivity index (χ4v) is 3.87. The molecule has 150 valence electrons. The molecule has 0 unspecified atom stereocenters. The molecule has 1 atom stereocenters. The maximum Gasteiger partial charge on any atom is 0.257 e. The van der Waals surface area contributed by atoms with Crippen molar-refractivity contribution in [2.24, 2.45) is 7.05 Å². The van der Waals surface area contributed by atoms with Gasteiger partial charge in [-0.25, -0.2) is 9.97 Å². The molecule has 0 spiro atoms. The first-order valence-corrected chi connectivity index (χ1v) is 9.96. The Balaban J connectivity index is 1.50. The van der Waals surface area contributed by atoms with E-state index in [0.717, 1.165) is 48.0 Å². The summed E-state index contributed by atoms with van der Waals surface area (Å²) in [4.78, 5) is 24.1. The first-order chi connectivity index (χ1) is 14.0. The summed E-state index contributed by atoms with van der Waals surface area (Å²) in [5, 5.41) is 7.61. The van der Waals surface area contributed by atoms with Crippen molar-refractivity contribution in [3.8, 4) is 0 Å². The SMILES string of the molecule is Cc1cccnc1Nc1cccc([C@@H]2CCCN(C(=O)c3cn(C)nc3C)C2)n1. The average molecular weight is 390 g/mol. The molecule has 1 saturated heterocycles. The summed E-state index contributed by atoms with van der Waals surface area (Å²) < 4.78 is 1.69. The lowest BCUT2D eigenvalue weighted by Gasteiger charge is -2.32. The van der Waals surface area contributed by atoms with E-state index in [-0.39, 0.29) is 11.8 Å². The van der Waals surface area contributed by atoms with Crippen molar-refractivity contribution in [3.63, 3.8) is 0 Å². The van der Waals surface area contributed by atoms with Crippen LogP contribution in [0.5, 0.6) is 0 Å². The second-order valence-corrected chi connectivity index (χ2v) is 7.63. The number of rotatable bonds is 4. The van der Waals surface area contributed by atoms with Gasteiger partial charge in [0.15, 0.2) is 0 Å². The molecule has 3 aromatic rings. The summed E-state index contributed by atoms with van der Waals surface area (Å²) in [7, 11) is 1.84. The van der Waals surface area contributed by atoms with Crippen molar-refractivity contribution in [2.45, 2.75) is 32.6 Å². The van der Waals surface area contributed by atoms with E-state index in [4.69, 9.17) is 4.98 Å². The molecular weight excluding hydrogens is 364 g/mol. The Morgan fingerprint density at radius 3 is 2.83 bits per heavy atom. The Morgan fingerprint density at radius 2 is 2.07 bits per heavy atom. The molecule has 0 bridgehead atoms. The third-order valence-corrected chi connectivity index (χ3v) is 5.40. The number of aryl methyl sites for hydroxylation is 3. The number of carbonyl (C=O) groups is 1. The Kier molecular flexibility index (Phi) is 5.29. The van der Waals surface area contributed by atoms with Crippen LogP contribution in [0.15, 0.2) is 42.7 Å². The van der Waals surface area contributed by atoms with Crippen LogP contribution in [0.2, 0.25) is 0 Å². The lowest BCUT2D eigenvalue weighted by atomic mass is 9.93. The van der Waals surface area contributed by atoms with Crippen molar-refractivity contribution in [1.29, 1.82) is 0 Å². The molecule has 4 rings (SSSR count). The minimum atomic E-state index is 0.0543. The molecular formula is C22H26N6O. The van der Waals surface area contributed by atoms with Gasteiger partial charge in [-0.2, -0.15) is 5.10 Å². The zero-order valence-electron chi connectivity index (χ0n) is 17.1. The van der Waals surface area contributed by atoms with Crippen molar-refractivity contribution in [3.05, 3.63) is 65.2 Å². The van der Waals surface area contributed by atoms with Crippen LogP contribution in [0.1, 0.15) is 46.1 Å². The predicted molar refractivity (Wildman–Crippen MR) is 112 cm³/mol. The average Bonchev–Trinajstić information content (AvgIpc) is 3.07. The summed E-state index contributed by atoms with van der Waals surface area (Å²) in [6.07, 6.45) is 5.56.